The fraction of sp³-hybridized carbons (Fsp3) is 0.421. The van der Waals surface area contributed by atoms with Crippen LogP contribution < -0.4 is 0 Å². The number of nitriles is 1. The van der Waals surface area contributed by atoms with Gasteiger partial charge in [-0.15, -0.1) is 0 Å². The third-order valence-corrected chi connectivity index (χ3v) is 5.55. The predicted octanol–water partition coefficient (Wildman–Crippen LogP) is 1.85. The molecule has 4 unspecified atom stereocenters. The number of carbonyl (C=O) groups is 2. The van der Waals surface area contributed by atoms with Crippen LogP contribution in [0.2, 0.25) is 0 Å². The summed E-state index contributed by atoms with van der Waals surface area (Å²) >= 11 is 0. The van der Waals surface area contributed by atoms with Gasteiger partial charge in [0.2, 0.25) is 0 Å². The summed E-state index contributed by atoms with van der Waals surface area (Å²) in [5.74, 6) is -2.04. The third-order valence-electron chi connectivity index (χ3n) is 5.55. The molecule has 0 bridgehead atoms. The fourth-order valence-corrected chi connectivity index (χ4v) is 4.42. The molecule has 1 aromatic carbocycles. The lowest BCUT2D eigenvalue weighted by Gasteiger charge is -2.41. The second-order valence-corrected chi connectivity index (χ2v) is 6.88. The second-order valence-electron chi connectivity index (χ2n) is 6.88. The summed E-state index contributed by atoms with van der Waals surface area (Å²) in [5.41, 5.74) is 2.59. The number of nitrogens with zero attached hydrogens (tertiary/aromatic N) is 2. The first-order valence-corrected chi connectivity index (χ1v) is 8.24. The number of rotatable bonds is 1. The van der Waals surface area contributed by atoms with E-state index >= 15 is 0 Å². The van der Waals surface area contributed by atoms with E-state index in [1.165, 1.54) is 5.57 Å². The summed E-state index contributed by atoms with van der Waals surface area (Å²) < 4.78 is 5.01. The highest BCUT2D eigenvalue weighted by molar-refractivity contribution is 5.98. The molecule has 4 rings (SSSR count). The summed E-state index contributed by atoms with van der Waals surface area (Å²) in [6, 6.07) is 9.52. The van der Waals surface area contributed by atoms with Crippen molar-refractivity contribution in [3.8, 4) is 6.07 Å². The third kappa shape index (κ3) is 2.18. The van der Waals surface area contributed by atoms with Gasteiger partial charge in [0, 0.05) is 24.9 Å². The number of benzene rings is 1. The molecule has 1 aromatic rings. The Balaban J connectivity index is 1.85. The number of hydrogen-bond donors (Lipinski definition) is 0. The molecule has 0 amide bonds. The van der Waals surface area contributed by atoms with Crippen molar-refractivity contribution in [3.63, 3.8) is 0 Å². The molecule has 5 heteroatoms. The standard InChI is InChI=1S/C19H18N2O3/c1-21-7-6-11-8-14(13-5-3-2-4-12(13)9-20)16-17(15(11)10-21)19(23)24-18(16)22/h2-5,8,14-17H,6-7,10H2,1H3. The van der Waals surface area contributed by atoms with Gasteiger partial charge < -0.3 is 9.64 Å². The smallest absolute Gasteiger partial charge is 0.318 e. The Kier molecular flexibility index (Phi) is 3.50. The van der Waals surface area contributed by atoms with E-state index in [2.05, 4.69) is 17.0 Å². The van der Waals surface area contributed by atoms with Crippen molar-refractivity contribution in [1.29, 1.82) is 5.26 Å². The van der Waals surface area contributed by atoms with E-state index in [9.17, 15) is 14.9 Å². The van der Waals surface area contributed by atoms with Crippen LogP contribution in [0.5, 0.6) is 0 Å². The lowest BCUT2D eigenvalue weighted by molar-refractivity contribution is -0.154. The Bertz CT molecular complexity index is 792. The molecule has 0 radical (unpaired) electrons. The highest BCUT2D eigenvalue weighted by Crippen LogP contribution is 2.49. The van der Waals surface area contributed by atoms with Gasteiger partial charge in [-0.1, -0.05) is 29.8 Å². The molecular weight excluding hydrogens is 304 g/mol. The number of ether oxygens (including phenoxy) is 1. The number of piperidine rings is 1. The van der Waals surface area contributed by atoms with Crippen LogP contribution in [-0.2, 0) is 14.3 Å². The Hall–Kier alpha value is -2.45. The molecule has 4 atom stereocenters. The minimum Gasteiger partial charge on any atom is -0.393 e. The molecule has 0 aromatic heterocycles. The van der Waals surface area contributed by atoms with E-state index in [0.29, 0.717) is 5.56 Å². The zero-order valence-corrected chi connectivity index (χ0v) is 13.4. The highest BCUT2D eigenvalue weighted by Gasteiger charge is 2.55. The van der Waals surface area contributed by atoms with E-state index < -0.39 is 23.8 Å². The summed E-state index contributed by atoms with van der Waals surface area (Å²) in [7, 11) is 2.03. The molecule has 3 aliphatic rings. The minimum absolute atomic E-state index is 0.0400. The second kappa shape index (κ2) is 5.57. The quantitative estimate of drug-likeness (QED) is 0.448. The Morgan fingerprint density at radius 3 is 2.75 bits per heavy atom. The maximum Gasteiger partial charge on any atom is 0.318 e. The summed E-state index contributed by atoms with van der Waals surface area (Å²) in [5, 5.41) is 9.41. The maximum atomic E-state index is 12.4. The molecule has 0 spiro atoms. The van der Waals surface area contributed by atoms with Crippen molar-refractivity contribution in [1.82, 2.24) is 4.90 Å². The van der Waals surface area contributed by atoms with Crippen molar-refractivity contribution in [2.75, 3.05) is 20.1 Å². The van der Waals surface area contributed by atoms with E-state index in [0.717, 1.165) is 25.1 Å². The molecule has 0 saturated carbocycles. The van der Waals surface area contributed by atoms with Gasteiger partial charge in [-0.25, -0.2) is 0 Å². The lowest BCUT2D eigenvalue weighted by Crippen LogP contribution is -2.44. The highest BCUT2D eigenvalue weighted by atomic mass is 16.6. The van der Waals surface area contributed by atoms with E-state index in [1.807, 2.05) is 25.2 Å². The van der Waals surface area contributed by atoms with Crippen molar-refractivity contribution >= 4 is 11.9 Å². The summed E-state index contributed by atoms with van der Waals surface area (Å²) in [4.78, 5) is 26.9. The van der Waals surface area contributed by atoms with Crippen LogP contribution in [-0.4, -0.2) is 37.0 Å². The monoisotopic (exact) mass is 322 g/mol. The van der Waals surface area contributed by atoms with Gasteiger partial charge in [-0.05, 0) is 25.1 Å². The molecule has 2 aliphatic heterocycles. The fourth-order valence-electron chi connectivity index (χ4n) is 4.42. The van der Waals surface area contributed by atoms with Gasteiger partial charge >= 0.3 is 11.9 Å². The Morgan fingerprint density at radius 1 is 1.21 bits per heavy atom. The van der Waals surface area contributed by atoms with Crippen molar-refractivity contribution < 1.29 is 14.3 Å². The largest absolute Gasteiger partial charge is 0.393 e. The van der Waals surface area contributed by atoms with Crippen LogP contribution in [0.4, 0.5) is 0 Å². The van der Waals surface area contributed by atoms with Gasteiger partial charge in [0.05, 0.1) is 23.5 Å². The first kappa shape index (κ1) is 15.1. The van der Waals surface area contributed by atoms with Crippen LogP contribution in [0.25, 0.3) is 0 Å². The molecular formula is C19H18N2O3. The summed E-state index contributed by atoms with van der Waals surface area (Å²) in [6.45, 7) is 1.71. The predicted molar refractivity (Wildman–Crippen MR) is 85.7 cm³/mol. The number of allylic oxidation sites excluding steroid dienone is 1. The Labute approximate surface area is 140 Å². The van der Waals surface area contributed by atoms with Crippen LogP contribution in [0.3, 0.4) is 0 Å². The molecule has 0 N–H and O–H groups in total. The van der Waals surface area contributed by atoms with Crippen LogP contribution >= 0.6 is 0 Å². The van der Waals surface area contributed by atoms with Crippen LogP contribution in [0, 0.1) is 29.1 Å². The van der Waals surface area contributed by atoms with Gasteiger partial charge in [0.15, 0.2) is 0 Å². The average molecular weight is 322 g/mol. The minimum atomic E-state index is -0.521. The molecule has 1 aliphatic carbocycles. The van der Waals surface area contributed by atoms with E-state index in [1.54, 1.807) is 6.07 Å². The Morgan fingerprint density at radius 2 is 1.96 bits per heavy atom. The molecule has 5 nitrogen and oxygen atoms in total. The molecule has 24 heavy (non-hydrogen) atoms. The van der Waals surface area contributed by atoms with E-state index in [4.69, 9.17) is 4.74 Å². The number of likely N-dealkylation sites (tertiary alicyclic amines) is 1. The van der Waals surface area contributed by atoms with Gasteiger partial charge in [0.1, 0.15) is 0 Å². The van der Waals surface area contributed by atoms with Crippen molar-refractivity contribution in [2.45, 2.75) is 12.3 Å². The normalized spacial score (nSPS) is 32.4. The van der Waals surface area contributed by atoms with Crippen LogP contribution in [0.1, 0.15) is 23.5 Å². The molecule has 122 valence electrons. The zero-order chi connectivity index (χ0) is 16.8. The number of esters is 2. The molecule has 2 fully saturated rings. The van der Waals surface area contributed by atoms with Crippen molar-refractivity contribution in [3.05, 3.63) is 47.0 Å². The number of hydrogen-bond acceptors (Lipinski definition) is 5. The SMILES string of the molecule is CN1CCC2=CC(c3ccccc3C#N)C3C(=O)OC(=O)C3C2C1. The molecule has 2 heterocycles. The summed E-state index contributed by atoms with van der Waals surface area (Å²) in [6.07, 6.45) is 3.01. The zero-order valence-electron chi connectivity index (χ0n) is 13.4. The van der Waals surface area contributed by atoms with E-state index in [-0.39, 0.29) is 11.8 Å². The molecule has 2 saturated heterocycles. The number of carbonyl (C=O) groups excluding carboxylic acids is 2. The topological polar surface area (TPSA) is 70.4 Å². The van der Waals surface area contributed by atoms with Crippen LogP contribution in [0.15, 0.2) is 35.9 Å². The first-order valence-electron chi connectivity index (χ1n) is 8.24. The first-order chi connectivity index (χ1) is 11.6. The van der Waals surface area contributed by atoms with Gasteiger partial charge in [-0.3, -0.25) is 9.59 Å². The number of cyclic esters (lactones) is 2. The van der Waals surface area contributed by atoms with Gasteiger partial charge in [-0.2, -0.15) is 5.26 Å². The van der Waals surface area contributed by atoms with Crippen molar-refractivity contribution in [2.24, 2.45) is 17.8 Å². The average Bonchev–Trinajstić information content (AvgIpc) is 2.89. The maximum absolute atomic E-state index is 12.4. The number of fused-ring (bicyclic) bond motifs is 3. The van der Waals surface area contributed by atoms with Gasteiger partial charge in [0.25, 0.3) is 0 Å². The lowest BCUT2D eigenvalue weighted by atomic mass is 9.64.